The summed E-state index contributed by atoms with van der Waals surface area (Å²) in [4.78, 5) is 15.8. The van der Waals surface area contributed by atoms with E-state index in [9.17, 15) is 18.3 Å². The molecule has 0 amide bonds. The molecule has 1 aromatic carbocycles. The molecule has 1 aliphatic heterocycles. The van der Waals surface area contributed by atoms with Crippen molar-refractivity contribution < 1.29 is 23.1 Å². The number of hydrogen-bond acceptors (Lipinski definition) is 6. The Morgan fingerprint density at radius 2 is 2.00 bits per heavy atom. The maximum absolute atomic E-state index is 13.6. The SMILES string of the molecule is CCOc1ccc(S(=O)(=O)N2C[C@@H](CC3CCC3)[C@@H](n3nc(CC(=O)O)c4cc(C)ccc43)C2)cn1. The Morgan fingerprint density at radius 3 is 2.64 bits per heavy atom. The van der Waals surface area contributed by atoms with Gasteiger partial charge in [0.25, 0.3) is 0 Å². The molecular weight excluding hydrogens is 480 g/mol. The largest absolute Gasteiger partial charge is 0.481 e. The van der Waals surface area contributed by atoms with E-state index in [4.69, 9.17) is 9.84 Å². The summed E-state index contributed by atoms with van der Waals surface area (Å²) in [5.74, 6) is 0.133. The number of fused-ring (bicyclic) bond motifs is 1. The van der Waals surface area contributed by atoms with Crippen LogP contribution in [-0.2, 0) is 21.2 Å². The van der Waals surface area contributed by atoms with Crippen LogP contribution >= 0.6 is 0 Å². The van der Waals surface area contributed by atoms with Crippen LogP contribution in [0.2, 0.25) is 0 Å². The maximum atomic E-state index is 13.6. The number of hydrogen-bond donors (Lipinski definition) is 1. The summed E-state index contributed by atoms with van der Waals surface area (Å²) >= 11 is 0. The van der Waals surface area contributed by atoms with Gasteiger partial charge in [0.2, 0.25) is 15.9 Å². The summed E-state index contributed by atoms with van der Waals surface area (Å²) < 4.78 is 36.0. The first-order valence-corrected chi connectivity index (χ1v) is 14.0. The van der Waals surface area contributed by atoms with E-state index in [2.05, 4.69) is 4.98 Å². The first-order chi connectivity index (χ1) is 17.3. The van der Waals surface area contributed by atoms with E-state index < -0.39 is 16.0 Å². The average molecular weight is 513 g/mol. The van der Waals surface area contributed by atoms with E-state index in [-0.39, 0.29) is 29.8 Å². The van der Waals surface area contributed by atoms with Crippen LogP contribution < -0.4 is 4.74 Å². The van der Waals surface area contributed by atoms with E-state index in [0.717, 1.165) is 22.9 Å². The lowest BCUT2D eigenvalue weighted by molar-refractivity contribution is -0.136. The second-order valence-corrected chi connectivity index (χ2v) is 11.9. The molecule has 192 valence electrons. The van der Waals surface area contributed by atoms with Crippen LogP contribution in [0.15, 0.2) is 41.4 Å². The molecule has 1 aliphatic carbocycles. The van der Waals surface area contributed by atoms with E-state index in [1.54, 1.807) is 12.1 Å². The Hall–Kier alpha value is -2.98. The molecule has 0 spiro atoms. The summed E-state index contributed by atoms with van der Waals surface area (Å²) in [7, 11) is -3.76. The van der Waals surface area contributed by atoms with Gasteiger partial charge in [-0.3, -0.25) is 9.48 Å². The minimum absolute atomic E-state index is 0.0859. The van der Waals surface area contributed by atoms with Crippen molar-refractivity contribution in [3.8, 4) is 5.88 Å². The molecule has 2 fully saturated rings. The van der Waals surface area contributed by atoms with Gasteiger partial charge in [-0.25, -0.2) is 13.4 Å². The fraction of sp³-hybridized carbons (Fsp3) is 0.500. The fourth-order valence-corrected chi connectivity index (χ4v) is 6.88. The topological polar surface area (TPSA) is 115 Å². The predicted octanol–water partition coefficient (Wildman–Crippen LogP) is 3.82. The van der Waals surface area contributed by atoms with Crippen molar-refractivity contribution in [3.63, 3.8) is 0 Å². The average Bonchev–Trinajstić information content (AvgIpc) is 3.38. The highest BCUT2D eigenvalue weighted by molar-refractivity contribution is 7.89. The number of aryl methyl sites for hydroxylation is 1. The molecule has 36 heavy (non-hydrogen) atoms. The smallest absolute Gasteiger partial charge is 0.309 e. The Labute approximate surface area is 211 Å². The summed E-state index contributed by atoms with van der Waals surface area (Å²) in [6.07, 6.45) is 5.66. The van der Waals surface area contributed by atoms with Gasteiger partial charge in [-0.1, -0.05) is 30.9 Å². The van der Waals surface area contributed by atoms with Crippen molar-refractivity contribution in [3.05, 3.63) is 47.8 Å². The molecule has 2 atom stereocenters. The van der Waals surface area contributed by atoms with E-state index in [1.807, 2.05) is 36.7 Å². The van der Waals surface area contributed by atoms with Gasteiger partial charge >= 0.3 is 5.97 Å². The fourth-order valence-electron chi connectivity index (χ4n) is 5.42. The molecule has 10 heteroatoms. The van der Waals surface area contributed by atoms with Crippen molar-refractivity contribution in [2.75, 3.05) is 19.7 Å². The number of carboxylic acids is 1. The monoisotopic (exact) mass is 512 g/mol. The Balaban J connectivity index is 1.50. The van der Waals surface area contributed by atoms with Gasteiger partial charge in [0.15, 0.2) is 0 Å². The molecule has 0 unspecified atom stereocenters. The van der Waals surface area contributed by atoms with Crippen LogP contribution in [0, 0.1) is 18.8 Å². The molecule has 3 aromatic rings. The summed E-state index contributed by atoms with van der Waals surface area (Å²) in [5.41, 5.74) is 2.39. The normalized spacial score (nSPS) is 21.1. The van der Waals surface area contributed by atoms with Crippen LogP contribution in [0.1, 0.15) is 49.9 Å². The standard InChI is InChI=1S/C26H32N4O5S/c1-3-35-25-10-8-20(14-27-25)36(33,34)29-15-19(12-18-5-4-6-18)24(16-29)30-23-9-7-17(2)11-21(23)22(28-30)13-26(31)32/h7-11,14,18-19,24H,3-6,12-13,15-16H2,1-2H3,(H,31,32)/t19-,24+/m1/s1. The van der Waals surface area contributed by atoms with Crippen LogP contribution in [-0.4, -0.2) is 58.3 Å². The number of nitrogens with zero attached hydrogens (tertiary/aromatic N) is 4. The molecule has 1 N–H and O–H groups in total. The number of carboxylic acid groups (broad SMARTS) is 1. The number of benzene rings is 1. The molecule has 3 heterocycles. The Morgan fingerprint density at radius 1 is 1.19 bits per heavy atom. The number of ether oxygens (including phenoxy) is 1. The van der Waals surface area contributed by atoms with Gasteiger partial charge in [-0.15, -0.1) is 0 Å². The van der Waals surface area contributed by atoms with Gasteiger partial charge in [-0.05, 0) is 50.3 Å². The number of aromatic nitrogens is 3. The van der Waals surface area contributed by atoms with Gasteiger partial charge in [-0.2, -0.15) is 9.40 Å². The second-order valence-electron chi connectivity index (χ2n) is 9.93. The molecule has 0 bridgehead atoms. The van der Waals surface area contributed by atoms with E-state index in [0.29, 0.717) is 30.6 Å². The quantitative estimate of drug-likeness (QED) is 0.463. The lowest BCUT2D eigenvalue weighted by Gasteiger charge is -2.30. The van der Waals surface area contributed by atoms with Gasteiger partial charge in [0.1, 0.15) is 4.90 Å². The zero-order valence-corrected chi connectivity index (χ0v) is 21.4. The maximum Gasteiger partial charge on any atom is 0.309 e. The number of pyridine rings is 1. The van der Waals surface area contributed by atoms with Gasteiger partial charge < -0.3 is 9.84 Å². The van der Waals surface area contributed by atoms with Crippen LogP contribution in [0.4, 0.5) is 0 Å². The minimum atomic E-state index is -3.76. The van der Waals surface area contributed by atoms with Crippen LogP contribution in [0.25, 0.3) is 10.9 Å². The summed E-state index contributed by atoms with van der Waals surface area (Å²) in [6.45, 7) is 4.95. The highest BCUT2D eigenvalue weighted by Crippen LogP contribution is 2.42. The molecule has 1 saturated carbocycles. The van der Waals surface area contributed by atoms with E-state index in [1.165, 1.54) is 29.8 Å². The van der Waals surface area contributed by atoms with Gasteiger partial charge in [0, 0.05) is 24.5 Å². The molecule has 2 aliphatic rings. The molecule has 0 radical (unpaired) electrons. The molecule has 2 aromatic heterocycles. The van der Waals surface area contributed by atoms with Crippen molar-refractivity contribution in [1.82, 2.24) is 19.1 Å². The lowest BCUT2D eigenvalue weighted by atomic mass is 9.78. The number of sulfonamides is 1. The number of rotatable bonds is 9. The second kappa shape index (κ2) is 9.82. The first kappa shape index (κ1) is 24.7. The van der Waals surface area contributed by atoms with Crippen LogP contribution in [0.5, 0.6) is 5.88 Å². The molecule has 9 nitrogen and oxygen atoms in total. The Kier molecular flexibility index (Phi) is 6.74. The lowest BCUT2D eigenvalue weighted by Crippen LogP contribution is -2.29. The highest BCUT2D eigenvalue weighted by Gasteiger charge is 2.43. The van der Waals surface area contributed by atoms with Crippen molar-refractivity contribution >= 4 is 26.9 Å². The third-order valence-electron chi connectivity index (χ3n) is 7.44. The highest BCUT2D eigenvalue weighted by atomic mass is 32.2. The zero-order valence-electron chi connectivity index (χ0n) is 20.6. The van der Waals surface area contributed by atoms with Crippen molar-refractivity contribution in [2.45, 2.75) is 56.9 Å². The number of aliphatic carboxylic acids is 1. The van der Waals surface area contributed by atoms with E-state index >= 15 is 0 Å². The predicted molar refractivity (Wildman–Crippen MR) is 134 cm³/mol. The summed E-state index contributed by atoms with van der Waals surface area (Å²) in [5, 5.41) is 15.0. The van der Waals surface area contributed by atoms with Crippen LogP contribution in [0.3, 0.4) is 0 Å². The summed E-state index contributed by atoms with van der Waals surface area (Å²) in [6, 6.07) is 8.87. The molecular formula is C26H32N4O5S. The third kappa shape index (κ3) is 4.71. The number of carbonyl (C=O) groups is 1. The van der Waals surface area contributed by atoms with Crippen molar-refractivity contribution in [1.29, 1.82) is 0 Å². The molecule has 5 rings (SSSR count). The van der Waals surface area contributed by atoms with Gasteiger partial charge in [0.05, 0.1) is 36.5 Å². The Bertz CT molecular complexity index is 1360. The zero-order chi connectivity index (χ0) is 25.4. The first-order valence-electron chi connectivity index (χ1n) is 12.5. The van der Waals surface area contributed by atoms with Crippen molar-refractivity contribution in [2.24, 2.45) is 11.8 Å². The third-order valence-corrected chi connectivity index (χ3v) is 9.26. The minimum Gasteiger partial charge on any atom is -0.481 e. The molecule has 1 saturated heterocycles.